The quantitative estimate of drug-likeness (QED) is 0.443. The van der Waals surface area contributed by atoms with Crippen molar-refractivity contribution >= 4 is 22.5 Å². The van der Waals surface area contributed by atoms with Gasteiger partial charge in [0.1, 0.15) is 11.4 Å². The van der Waals surface area contributed by atoms with Gasteiger partial charge >= 0.3 is 22.5 Å². The number of nitrogens with two attached hydrogens (primary N) is 2. The van der Waals surface area contributed by atoms with Crippen LogP contribution in [0, 0.1) is 10.8 Å². The molecule has 220 valence electrons. The highest BCUT2D eigenvalue weighted by atomic mass is 32.3. The van der Waals surface area contributed by atoms with Crippen molar-refractivity contribution in [3.05, 3.63) is 35.0 Å². The highest BCUT2D eigenvalue weighted by Gasteiger charge is 2.66. The minimum Gasteiger partial charge on any atom is -0.360 e. The van der Waals surface area contributed by atoms with Gasteiger partial charge in [-0.05, 0) is 49.4 Å². The Morgan fingerprint density at radius 1 is 0.805 bits per heavy atom. The van der Waals surface area contributed by atoms with Crippen LogP contribution in [0.25, 0.3) is 0 Å². The molecule has 4 bridgehead atoms. The molecule has 4 aliphatic heterocycles. The molecule has 0 radical (unpaired) electrons. The lowest BCUT2D eigenvalue weighted by molar-refractivity contribution is -0.101. The van der Waals surface area contributed by atoms with Crippen LogP contribution in [0.2, 0.25) is 0 Å². The van der Waals surface area contributed by atoms with Crippen LogP contribution < -0.4 is 11.5 Å². The predicted octanol–water partition coefficient (Wildman–Crippen LogP) is 1.05. The average Bonchev–Trinajstić information content (AvgIpc) is 3.66. The smallest absolute Gasteiger partial charge is 0.360 e. The Labute approximate surface area is 234 Å². The molecule has 2 spiro atoms. The Morgan fingerprint density at radius 2 is 1.22 bits per heavy atom. The molecule has 4 N–H and O–H groups in total. The third-order valence-corrected chi connectivity index (χ3v) is 10.6. The molecule has 16 nitrogen and oxygen atoms in total. The summed E-state index contributed by atoms with van der Waals surface area (Å²) in [6.07, 6.45) is 4.46. The third-order valence-electron chi connectivity index (χ3n) is 9.91. The van der Waals surface area contributed by atoms with E-state index in [2.05, 4.69) is 10.3 Å². The van der Waals surface area contributed by atoms with E-state index in [4.69, 9.17) is 29.1 Å². The predicted molar refractivity (Wildman–Crippen MR) is 133 cm³/mol. The van der Waals surface area contributed by atoms with Gasteiger partial charge in [-0.2, -0.15) is 18.5 Å². The Kier molecular flexibility index (Phi) is 5.22. The molecule has 2 aromatic rings. The van der Waals surface area contributed by atoms with E-state index in [1.807, 2.05) is 0 Å². The lowest BCUT2D eigenvalue weighted by Crippen LogP contribution is -2.45. The van der Waals surface area contributed by atoms with Gasteiger partial charge in [-0.1, -0.05) is 10.3 Å². The van der Waals surface area contributed by atoms with Crippen molar-refractivity contribution < 1.29 is 35.6 Å². The summed E-state index contributed by atoms with van der Waals surface area (Å²) in [5, 5.41) is 10.0. The summed E-state index contributed by atoms with van der Waals surface area (Å²) in [4.78, 5) is 30.0. The van der Waals surface area contributed by atoms with Crippen LogP contribution >= 0.6 is 0 Å². The molecule has 2 saturated carbocycles. The molecule has 4 saturated heterocycles. The minimum absolute atomic E-state index is 0.176. The third kappa shape index (κ3) is 3.75. The second kappa shape index (κ2) is 8.41. The molecule has 0 unspecified atom stereocenters. The molecule has 2 aliphatic carbocycles. The minimum atomic E-state index is -4.84. The molecule has 6 aliphatic rings. The van der Waals surface area contributed by atoms with Crippen molar-refractivity contribution in [1.29, 1.82) is 0 Å². The van der Waals surface area contributed by atoms with Crippen LogP contribution in [-0.2, 0) is 32.1 Å². The zero-order valence-electron chi connectivity index (χ0n) is 22.0. The molecule has 4 atom stereocenters. The number of amides is 4. The van der Waals surface area contributed by atoms with E-state index in [-0.39, 0.29) is 37.0 Å². The lowest BCUT2D eigenvalue weighted by Gasteiger charge is -2.36. The maximum atomic E-state index is 13.5. The van der Waals surface area contributed by atoms with E-state index < -0.39 is 46.6 Å². The van der Waals surface area contributed by atoms with Crippen LogP contribution in [0.1, 0.15) is 73.5 Å². The van der Waals surface area contributed by atoms with E-state index in [0.717, 1.165) is 35.8 Å². The summed E-state index contributed by atoms with van der Waals surface area (Å²) < 4.78 is 47.9. The van der Waals surface area contributed by atoms with Gasteiger partial charge in [0.15, 0.2) is 11.5 Å². The van der Waals surface area contributed by atoms with Gasteiger partial charge in [0.25, 0.3) is 0 Å². The second-order valence-electron chi connectivity index (χ2n) is 12.1. The van der Waals surface area contributed by atoms with Crippen molar-refractivity contribution in [1.82, 2.24) is 30.2 Å². The topological polar surface area (TPSA) is 204 Å². The van der Waals surface area contributed by atoms with E-state index in [1.54, 1.807) is 21.9 Å². The molecule has 17 heteroatoms. The number of hydrogen-bond acceptors (Lipinski definition) is 12. The standard InChI is InChI=1S/C24H30N8O8S/c25-9-13-5-15(27-37-13)17-7-23(1-2-23)19-11-29(17)21(33)31(19)39-41(35,36)40-32-20-12-30(22(32)34)18(8-24(20)3-4-24)16-6-14(10-26)38-28-16/h5-6,17-20H,1-4,7-12,25-26H2/t17-,18-,19-,20-/m0/s1. The molecule has 2 aromatic heterocycles. The number of aromatic nitrogens is 2. The first-order valence-electron chi connectivity index (χ1n) is 13.8. The number of nitrogens with zero attached hydrogens (tertiary/aromatic N) is 6. The first-order valence-corrected chi connectivity index (χ1v) is 15.1. The Balaban J connectivity index is 1.02. The summed E-state index contributed by atoms with van der Waals surface area (Å²) in [5.74, 6) is 0.996. The summed E-state index contributed by atoms with van der Waals surface area (Å²) in [6, 6.07) is 0.488. The SMILES string of the molecule is NCc1cc([C@@H]2CC3(CC3)[C@@H]3CN2C(=O)N3OS(=O)(=O)ON2C(=O)N3C[C@H]2C2(CC2)C[C@H]3c2cc(CN)on2)no1. The molecule has 4 amide bonds. The number of fused-ring (bicyclic) bond motifs is 6. The fourth-order valence-electron chi connectivity index (χ4n) is 7.33. The molecule has 8 rings (SSSR count). The number of carbonyl (C=O) groups is 2. The fraction of sp³-hybridized carbons (Fsp3) is 0.667. The van der Waals surface area contributed by atoms with Gasteiger partial charge in [0, 0.05) is 25.2 Å². The Bertz CT molecular complexity index is 1430. The monoisotopic (exact) mass is 590 g/mol. The van der Waals surface area contributed by atoms with E-state index in [9.17, 15) is 18.0 Å². The highest BCUT2D eigenvalue weighted by molar-refractivity contribution is 7.81. The zero-order valence-corrected chi connectivity index (χ0v) is 22.9. The van der Waals surface area contributed by atoms with Crippen molar-refractivity contribution in [2.75, 3.05) is 13.1 Å². The number of hydroxylamine groups is 4. The Hall–Kier alpha value is -3.25. The molecule has 6 heterocycles. The molecule has 0 aromatic carbocycles. The normalized spacial score (nSPS) is 30.8. The number of carbonyl (C=O) groups excluding carboxylic acids is 2. The zero-order chi connectivity index (χ0) is 28.3. The van der Waals surface area contributed by atoms with Crippen LogP contribution in [0.5, 0.6) is 0 Å². The summed E-state index contributed by atoms with van der Waals surface area (Å²) in [6.45, 7) is 0.900. The second-order valence-corrected chi connectivity index (χ2v) is 13.2. The molecular formula is C24H30N8O8S. The van der Waals surface area contributed by atoms with Crippen LogP contribution in [0.15, 0.2) is 21.2 Å². The van der Waals surface area contributed by atoms with Gasteiger partial charge in [-0.25, -0.2) is 9.59 Å². The summed E-state index contributed by atoms with van der Waals surface area (Å²) >= 11 is 0. The first-order chi connectivity index (χ1) is 19.7. The van der Waals surface area contributed by atoms with Gasteiger partial charge < -0.3 is 30.3 Å². The molecule has 41 heavy (non-hydrogen) atoms. The van der Waals surface area contributed by atoms with E-state index in [0.29, 0.717) is 35.7 Å². The maximum absolute atomic E-state index is 13.5. The van der Waals surface area contributed by atoms with Crippen LogP contribution in [-0.4, -0.2) is 75.9 Å². The molecule has 6 fully saturated rings. The highest BCUT2D eigenvalue weighted by Crippen LogP contribution is 2.63. The van der Waals surface area contributed by atoms with Crippen LogP contribution in [0.4, 0.5) is 9.59 Å². The fourth-order valence-corrected chi connectivity index (χ4v) is 8.09. The average molecular weight is 591 g/mol. The summed E-state index contributed by atoms with van der Waals surface area (Å²) in [7, 11) is -4.84. The van der Waals surface area contributed by atoms with Crippen LogP contribution in [0.3, 0.4) is 0 Å². The van der Waals surface area contributed by atoms with E-state index in [1.165, 1.54) is 0 Å². The lowest BCUT2D eigenvalue weighted by atomic mass is 9.84. The number of urea groups is 2. The van der Waals surface area contributed by atoms with Crippen molar-refractivity contribution in [3.8, 4) is 0 Å². The Morgan fingerprint density at radius 3 is 1.56 bits per heavy atom. The van der Waals surface area contributed by atoms with E-state index >= 15 is 0 Å². The number of rotatable bonds is 8. The van der Waals surface area contributed by atoms with Gasteiger partial charge in [0.2, 0.25) is 0 Å². The molecular weight excluding hydrogens is 560 g/mol. The number of piperidine rings is 2. The van der Waals surface area contributed by atoms with Crippen molar-refractivity contribution in [2.45, 2.75) is 75.8 Å². The van der Waals surface area contributed by atoms with Gasteiger partial charge in [-0.3, -0.25) is 0 Å². The van der Waals surface area contributed by atoms with Crippen molar-refractivity contribution in [2.24, 2.45) is 22.3 Å². The number of hydrogen-bond donors (Lipinski definition) is 2. The largest absolute Gasteiger partial charge is 0.442 e. The summed E-state index contributed by atoms with van der Waals surface area (Å²) in [5.41, 5.74) is 11.9. The van der Waals surface area contributed by atoms with Gasteiger partial charge in [0.05, 0.1) is 37.3 Å². The first kappa shape index (κ1) is 25.5. The van der Waals surface area contributed by atoms with Crippen molar-refractivity contribution in [3.63, 3.8) is 0 Å². The van der Waals surface area contributed by atoms with Gasteiger partial charge in [-0.15, -0.1) is 8.57 Å². The maximum Gasteiger partial charge on any atom is 0.442 e.